The fourth-order valence-electron chi connectivity index (χ4n) is 3.87. The first-order chi connectivity index (χ1) is 14.1. The summed E-state index contributed by atoms with van der Waals surface area (Å²) >= 11 is 1.73. The Morgan fingerprint density at radius 2 is 2.00 bits per heavy atom. The smallest absolute Gasteiger partial charge is 0.271 e. The van der Waals surface area contributed by atoms with E-state index < -0.39 is 0 Å². The molecule has 0 saturated heterocycles. The van der Waals surface area contributed by atoms with E-state index in [9.17, 15) is 10.1 Å². The molecule has 3 aromatic rings. The van der Waals surface area contributed by atoms with Gasteiger partial charge < -0.3 is 4.57 Å². The Bertz CT molecular complexity index is 1130. The quantitative estimate of drug-likeness (QED) is 0.509. The molecule has 5 nitrogen and oxygen atoms in total. The first kappa shape index (κ1) is 19.2. The molecule has 0 atom stereocenters. The number of amides is 1. The van der Waals surface area contributed by atoms with Gasteiger partial charge in [-0.25, -0.2) is 5.43 Å². The van der Waals surface area contributed by atoms with Crippen molar-refractivity contribution in [3.63, 3.8) is 0 Å². The zero-order valence-corrected chi connectivity index (χ0v) is 17.3. The standard InChI is InChI=1S/C23H22N4OS/c1-15-12-18(14-25-26-22(28)17-8-4-3-5-9-17)16(2)27(15)23-20(13-24)19-10-6-7-11-21(19)29-23/h3-5,8-9,12,14H,6-7,10-11H2,1-2H3,(H,26,28)/b25-14+. The van der Waals surface area contributed by atoms with Crippen LogP contribution in [-0.4, -0.2) is 16.7 Å². The van der Waals surface area contributed by atoms with E-state index in [-0.39, 0.29) is 5.91 Å². The molecule has 0 fully saturated rings. The van der Waals surface area contributed by atoms with Gasteiger partial charge in [-0.05, 0) is 63.3 Å². The van der Waals surface area contributed by atoms with Gasteiger partial charge in [0, 0.05) is 27.4 Å². The van der Waals surface area contributed by atoms with Gasteiger partial charge in [0.15, 0.2) is 0 Å². The van der Waals surface area contributed by atoms with Gasteiger partial charge in [0.1, 0.15) is 11.1 Å². The third-order valence-corrected chi connectivity index (χ3v) is 6.62. The second-order valence-electron chi connectivity index (χ2n) is 7.23. The largest absolute Gasteiger partial charge is 0.308 e. The van der Waals surface area contributed by atoms with E-state index in [4.69, 9.17) is 0 Å². The molecule has 1 amide bonds. The Morgan fingerprint density at radius 1 is 1.24 bits per heavy atom. The van der Waals surface area contributed by atoms with Crippen LogP contribution in [-0.2, 0) is 12.8 Å². The third kappa shape index (κ3) is 3.62. The highest BCUT2D eigenvalue weighted by Crippen LogP contribution is 2.38. The van der Waals surface area contributed by atoms with Crippen molar-refractivity contribution >= 4 is 23.5 Å². The molecule has 2 heterocycles. The van der Waals surface area contributed by atoms with Crippen molar-refractivity contribution in [3.8, 4) is 11.1 Å². The topological polar surface area (TPSA) is 70.2 Å². The molecule has 0 spiro atoms. The molecule has 29 heavy (non-hydrogen) atoms. The Hall–Kier alpha value is -3.17. The van der Waals surface area contributed by atoms with E-state index in [1.54, 1.807) is 29.7 Å². The van der Waals surface area contributed by atoms with Crippen LogP contribution in [0.1, 0.15) is 56.2 Å². The molecule has 1 aromatic carbocycles. The van der Waals surface area contributed by atoms with Crippen molar-refractivity contribution < 1.29 is 4.79 Å². The van der Waals surface area contributed by atoms with Crippen LogP contribution in [0, 0.1) is 25.2 Å². The summed E-state index contributed by atoms with van der Waals surface area (Å²) in [6.45, 7) is 4.06. The summed E-state index contributed by atoms with van der Waals surface area (Å²) in [5, 5.41) is 14.9. The molecular weight excluding hydrogens is 380 g/mol. The van der Waals surface area contributed by atoms with Crippen LogP contribution < -0.4 is 5.43 Å². The number of aryl methyl sites for hydroxylation is 2. The summed E-state index contributed by atoms with van der Waals surface area (Å²) < 4.78 is 2.14. The van der Waals surface area contributed by atoms with Crippen LogP contribution in [0.5, 0.6) is 0 Å². The molecular formula is C23H22N4OS. The zero-order valence-electron chi connectivity index (χ0n) is 16.5. The second-order valence-corrected chi connectivity index (χ2v) is 8.31. The fraction of sp³-hybridized carbons (Fsp3) is 0.261. The minimum absolute atomic E-state index is 0.242. The number of hydrogen-bond donors (Lipinski definition) is 1. The molecule has 0 radical (unpaired) electrons. The number of rotatable bonds is 4. The van der Waals surface area contributed by atoms with Gasteiger partial charge >= 0.3 is 0 Å². The SMILES string of the molecule is Cc1cc(/C=N/NC(=O)c2ccccc2)c(C)n1-c1sc2c(c1C#N)CCCC2. The van der Waals surface area contributed by atoms with E-state index in [0.29, 0.717) is 5.56 Å². The monoisotopic (exact) mass is 402 g/mol. The normalized spacial score (nSPS) is 13.3. The second kappa shape index (κ2) is 8.06. The Morgan fingerprint density at radius 3 is 2.76 bits per heavy atom. The van der Waals surface area contributed by atoms with Crippen molar-refractivity contribution in [2.75, 3.05) is 0 Å². The van der Waals surface area contributed by atoms with Crippen molar-refractivity contribution in [3.05, 3.63) is 74.9 Å². The third-order valence-electron chi connectivity index (χ3n) is 5.34. The predicted molar refractivity (Wildman–Crippen MR) is 116 cm³/mol. The van der Waals surface area contributed by atoms with Crippen LogP contribution in [0.3, 0.4) is 0 Å². The van der Waals surface area contributed by atoms with Crippen LogP contribution in [0.15, 0.2) is 41.5 Å². The molecule has 4 rings (SSSR count). The number of hydrogen-bond acceptors (Lipinski definition) is 4. The van der Waals surface area contributed by atoms with Gasteiger partial charge in [-0.1, -0.05) is 18.2 Å². The summed E-state index contributed by atoms with van der Waals surface area (Å²) in [7, 11) is 0. The first-order valence-electron chi connectivity index (χ1n) is 9.72. The van der Waals surface area contributed by atoms with Gasteiger partial charge in [-0.15, -0.1) is 11.3 Å². The van der Waals surface area contributed by atoms with Crippen LogP contribution in [0.2, 0.25) is 0 Å². The van der Waals surface area contributed by atoms with Crippen molar-refractivity contribution in [1.29, 1.82) is 5.26 Å². The minimum atomic E-state index is -0.242. The van der Waals surface area contributed by atoms with Gasteiger partial charge in [-0.2, -0.15) is 10.4 Å². The van der Waals surface area contributed by atoms with E-state index in [1.807, 2.05) is 38.1 Å². The Labute approximate surface area is 174 Å². The molecule has 0 unspecified atom stereocenters. The number of hydrazone groups is 1. The van der Waals surface area contributed by atoms with E-state index in [0.717, 1.165) is 46.8 Å². The number of benzene rings is 1. The number of aromatic nitrogens is 1. The van der Waals surface area contributed by atoms with Gasteiger partial charge in [0.25, 0.3) is 5.91 Å². The lowest BCUT2D eigenvalue weighted by molar-refractivity contribution is 0.0955. The van der Waals surface area contributed by atoms with E-state index in [1.165, 1.54) is 16.9 Å². The number of carbonyl (C=O) groups excluding carboxylic acids is 1. The Balaban J connectivity index is 1.62. The summed E-state index contributed by atoms with van der Waals surface area (Å²) in [4.78, 5) is 13.5. The molecule has 0 bridgehead atoms. The maximum Gasteiger partial charge on any atom is 0.271 e. The summed E-state index contributed by atoms with van der Waals surface area (Å²) in [5.41, 5.74) is 8.17. The number of carbonyl (C=O) groups is 1. The molecule has 0 aliphatic heterocycles. The van der Waals surface area contributed by atoms with E-state index in [2.05, 4.69) is 21.2 Å². The lowest BCUT2D eigenvalue weighted by Crippen LogP contribution is -2.17. The Kier molecular flexibility index (Phi) is 5.32. The highest BCUT2D eigenvalue weighted by molar-refractivity contribution is 7.15. The van der Waals surface area contributed by atoms with Crippen LogP contribution >= 0.6 is 11.3 Å². The summed E-state index contributed by atoms with van der Waals surface area (Å²) in [6, 6.07) is 13.5. The van der Waals surface area contributed by atoms with Gasteiger partial charge in [0.05, 0.1) is 11.8 Å². The highest BCUT2D eigenvalue weighted by Gasteiger charge is 2.23. The van der Waals surface area contributed by atoms with Crippen LogP contribution in [0.4, 0.5) is 0 Å². The highest BCUT2D eigenvalue weighted by atomic mass is 32.1. The predicted octanol–water partition coefficient (Wildman–Crippen LogP) is 4.67. The number of nitrogens with zero attached hydrogens (tertiary/aromatic N) is 3. The average molecular weight is 403 g/mol. The lowest BCUT2D eigenvalue weighted by atomic mass is 9.96. The summed E-state index contributed by atoms with van der Waals surface area (Å²) in [5.74, 6) is -0.242. The van der Waals surface area contributed by atoms with Crippen molar-refractivity contribution in [1.82, 2.24) is 9.99 Å². The number of nitriles is 1. The number of fused-ring (bicyclic) bond motifs is 1. The van der Waals surface area contributed by atoms with Gasteiger partial charge in [-0.3, -0.25) is 4.79 Å². The van der Waals surface area contributed by atoms with Crippen molar-refractivity contribution in [2.45, 2.75) is 39.5 Å². The van der Waals surface area contributed by atoms with E-state index >= 15 is 0 Å². The van der Waals surface area contributed by atoms with Crippen molar-refractivity contribution in [2.24, 2.45) is 5.10 Å². The maximum absolute atomic E-state index is 12.1. The number of thiophene rings is 1. The average Bonchev–Trinajstić information content (AvgIpc) is 3.24. The molecule has 1 aliphatic carbocycles. The summed E-state index contributed by atoms with van der Waals surface area (Å²) in [6.07, 6.45) is 6.07. The van der Waals surface area contributed by atoms with Crippen LogP contribution in [0.25, 0.3) is 5.00 Å². The molecule has 2 aromatic heterocycles. The molecule has 1 N–H and O–H groups in total. The molecule has 146 valence electrons. The molecule has 6 heteroatoms. The zero-order chi connectivity index (χ0) is 20.4. The van der Waals surface area contributed by atoms with Gasteiger partial charge in [0.2, 0.25) is 0 Å². The lowest BCUT2D eigenvalue weighted by Gasteiger charge is -2.10. The number of nitrogens with one attached hydrogen (secondary N) is 1. The minimum Gasteiger partial charge on any atom is -0.308 e. The molecule has 0 saturated carbocycles. The fourth-order valence-corrected chi connectivity index (χ4v) is 5.32. The molecule has 1 aliphatic rings. The first-order valence-corrected chi connectivity index (χ1v) is 10.5. The maximum atomic E-state index is 12.1.